The van der Waals surface area contributed by atoms with E-state index in [1.807, 2.05) is 24.4 Å². The van der Waals surface area contributed by atoms with Crippen molar-refractivity contribution < 1.29 is 0 Å². The van der Waals surface area contributed by atoms with Gasteiger partial charge in [0.25, 0.3) is 12.2 Å². The molecule has 1 N–H and O–H groups in total. The van der Waals surface area contributed by atoms with Crippen LogP contribution < -0.4 is 0 Å². The zero-order chi connectivity index (χ0) is 8.39. The summed E-state index contributed by atoms with van der Waals surface area (Å²) in [5.41, 5.74) is 0. The molecule has 2 rings (SSSR count). The molecule has 0 aliphatic carbocycles. The molecule has 1 unspecified atom stereocenters. The highest BCUT2D eigenvalue weighted by molar-refractivity contribution is 7.74. The van der Waals surface area contributed by atoms with Crippen LogP contribution >= 0.6 is 22.7 Å². The van der Waals surface area contributed by atoms with Crippen LogP contribution in [-0.2, 0) is 0 Å². The second kappa shape index (κ2) is 3.21. The Morgan fingerprint density at radius 1 is 1.17 bits per heavy atom. The van der Waals surface area contributed by atoms with Crippen molar-refractivity contribution in [2.24, 2.45) is 0 Å². The second-order valence-corrected chi connectivity index (χ2v) is 4.88. The number of benzene rings is 1. The van der Waals surface area contributed by atoms with Gasteiger partial charge in [0.15, 0.2) is 0 Å². The first-order valence-corrected chi connectivity index (χ1v) is 5.33. The molecule has 1 heterocycles. The Labute approximate surface area is 78.7 Å². The van der Waals surface area contributed by atoms with Crippen LogP contribution in [0.2, 0.25) is 0 Å². The van der Waals surface area contributed by atoms with E-state index in [0.29, 0.717) is 0 Å². The number of thiazole rings is 1. The monoisotopic (exact) mass is 194 g/mol. The molecule has 0 saturated carbocycles. The van der Waals surface area contributed by atoms with Crippen molar-refractivity contribution in [3.63, 3.8) is 0 Å². The first-order chi connectivity index (χ1) is 5.88. The van der Waals surface area contributed by atoms with Crippen molar-refractivity contribution in [1.82, 2.24) is 4.98 Å². The summed E-state index contributed by atoms with van der Waals surface area (Å²) in [6.45, 7) is 0. The Balaban J connectivity index is 2.59. The Kier molecular flexibility index (Phi) is 2.06. The summed E-state index contributed by atoms with van der Waals surface area (Å²) in [6.07, 6.45) is 1.92. The normalized spacial score (nSPS) is 11.5. The van der Waals surface area contributed by atoms with Gasteiger partial charge in [-0.1, -0.05) is 18.2 Å². The van der Waals surface area contributed by atoms with Crippen molar-refractivity contribution in [3.05, 3.63) is 45.9 Å². The predicted molar refractivity (Wildman–Crippen MR) is 55.4 cm³/mol. The van der Waals surface area contributed by atoms with E-state index in [9.17, 15) is 0 Å². The Hall–Kier alpha value is -0.930. The number of hydrogen-bond acceptors (Lipinski definition) is 1. The second-order valence-electron chi connectivity index (χ2n) is 2.39. The third kappa shape index (κ3) is 1.33. The minimum absolute atomic E-state index is 0.00438. The van der Waals surface area contributed by atoms with Gasteiger partial charge in [0, 0.05) is 6.20 Å². The van der Waals surface area contributed by atoms with Crippen molar-refractivity contribution in [1.29, 1.82) is 0 Å². The molecule has 0 amide bonds. The van der Waals surface area contributed by atoms with Crippen LogP contribution in [0.3, 0.4) is 0 Å². The third-order valence-electron chi connectivity index (χ3n) is 1.60. The number of aromatic nitrogens is 1. The van der Waals surface area contributed by atoms with E-state index in [1.54, 1.807) is 0 Å². The maximum Gasteiger partial charge on any atom is 0.360 e. The van der Waals surface area contributed by atoms with Crippen LogP contribution in [-0.4, -0.2) is 4.98 Å². The zero-order valence-corrected chi connectivity index (χ0v) is 7.99. The van der Waals surface area contributed by atoms with Crippen molar-refractivity contribution in [2.75, 3.05) is 0 Å². The average Bonchev–Trinajstić information content (AvgIpc) is 2.53. The SMILES string of the molecule is S=c1[nH]cc[s+]1-c1ccccc1. The summed E-state index contributed by atoms with van der Waals surface area (Å²) in [4.78, 5) is 4.31. The van der Waals surface area contributed by atoms with Crippen LogP contribution in [0, 0.1) is 3.95 Å². The molecule has 0 aliphatic heterocycles. The molecule has 0 radical (unpaired) electrons. The number of rotatable bonds is 1. The van der Waals surface area contributed by atoms with Gasteiger partial charge in [-0.3, -0.25) is 0 Å². The Morgan fingerprint density at radius 3 is 2.50 bits per heavy atom. The van der Waals surface area contributed by atoms with Gasteiger partial charge in [-0.2, -0.15) is 0 Å². The van der Waals surface area contributed by atoms with Crippen LogP contribution in [0.5, 0.6) is 0 Å². The molecular weight excluding hydrogens is 186 g/mol. The van der Waals surface area contributed by atoms with Gasteiger partial charge in [-0.15, -0.1) is 0 Å². The van der Waals surface area contributed by atoms with E-state index in [-0.39, 0.29) is 10.5 Å². The summed E-state index contributed by atoms with van der Waals surface area (Å²) in [7, 11) is 0.00438. The molecule has 1 atom stereocenters. The van der Waals surface area contributed by atoms with E-state index in [2.05, 4.69) is 22.5 Å². The van der Waals surface area contributed by atoms with E-state index in [0.717, 1.165) is 3.95 Å². The number of aromatic amines is 1. The van der Waals surface area contributed by atoms with Gasteiger partial charge in [0.05, 0.1) is 5.38 Å². The van der Waals surface area contributed by atoms with Gasteiger partial charge in [-0.05, 0) is 22.6 Å². The summed E-state index contributed by atoms with van der Waals surface area (Å²) < 4.78 is 0.918. The van der Waals surface area contributed by atoms with Crippen LogP contribution in [0.15, 0.2) is 41.9 Å². The summed E-state index contributed by atoms with van der Waals surface area (Å²) in [5, 5.41) is 2.11. The molecule has 0 fully saturated rings. The summed E-state index contributed by atoms with van der Waals surface area (Å²) in [6, 6.07) is 10.3. The van der Waals surface area contributed by atoms with Gasteiger partial charge in [0.2, 0.25) is 0 Å². The lowest BCUT2D eigenvalue weighted by atomic mass is 10.4. The fourth-order valence-corrected chi connectivity index (χ4v) is 2.92. The highest BCUT2D eigenvalue weighted by atomic mass is 32.2. The van der Waals surface area contributed by atoms with Crippen LogP contribution in [0.25, 0.3) is 4.90 Å². The minimum atomic E-state index is 0.00438. The highest BCUT2D eigenvalue weighted by Gasteiger charge is 2.05. The first kappa shape index (κ1) is 7.71. The molecule has 3 heteroatoms. The van der Waals surface area contributed by atoms with E-state index in [1.165, 1.54) is 4.90 Å². The van der Waals surface area contributed by atoms with Crippen molar-refractivity contribution >= 4 is 22.7 Å². The standard InChI is InChI=1S/C9H7NS2/c11-9-10-6-7-12(9)8-4-2-1-3-5-8/h1-7H/p+1. The molecule has 1 aromatic carbocycles. The minimum Gasteiger partial charge on any atom is -0.304 e. The fourth-order valence-electron chi connectivity index (χ4n) is 1.05. The molecule has 12 heavy (non-hydrogen) atoms. The third-order valence-corrected chi connectivity index (χ3v) is 3.96. The van der Waals surface area contributed by atoms with E-state index < -0.39 is 0 Å². The van der Waals surface area contributed by atoms with Crippen molar-refractivity contribution in [2.45, 2.75) is 0 Å². The summed E-state index contributed by atoms with van der Waals surface area (Å²) >= 11 is 5.16. The lowest BCUT2D eigenvalue weighted by molar-refractivity contribution is 1.40. The van der Waals surface area contributed by atoms with Gasteiger partial charge in [-0.25, -0.2) is 0 Å². The molecule has 1 nitrogen and oxygen atoms in total. The Morgan fingerprint density at radius 2 is 1.92 bits per heavy atom. The van der Waals surface area contributed by atoms with Crippen LogP contribution in [0.1, 0.15) is 0 Å². The van der Waals surface area contributed by atoms with Gasteiger partial charge in [0.1, 0.15) is 4.90 Å². The molecular formula is C9H8NS2+. The maximum absolute atomic E-state index is 5.16. The van der Waals surface area contributed by atoms with E-state index >= 15 is 0 Å². The fraction of sp³-hybridized carbons (Fsp3) is 0. The largest absolute Gasteiger partial charge is 0.360 e. The predicted octanol–water partition coefficient (Wildman–Crippen LogP) is 3.48. The highest BCUT2D eigenvalue weighted by Crippen LogP contribution is 2.29. The topological polar surface area (TPSA) is 15.8 Å². The Bertz CT molecular complexity index is 413. The number of hydrogen-bond donors (Lipinski definition) is 1. The summed E-state index contributed by atoms with van der Waals surface area (Å²) in [5.74, 6) is 0. The zero-order valence-electron chi connectivity index (χ0n) is 6.36. The molecule has 0 spiro atoms. The molecule has 0 aliphatic rings. The number of nitrogens with one attached hydrogen (secondary N) is 1. The van der Waals surface area contributed by atoms with Gasteiger partial charge >= 0.3 is 3.95 Å². The molecule has 60 valence electrons. The van der Waals surface area contributed by atoms with Crippen LogP contribution in [0.4, 0.5) is 0 Å². The van der Waals surface area contributed by atoms with E-state index in [4.69, 9.17) is 12.2 Å². The lowest BCUT2D eigenvalue weighted by Crippen LogP contribution is -1.65. The molecule has 0 saturated heterocycles. The lowest BCUT2D eigenvalue weighted by Gasteiger charge is -1.88. The molecule has 2 aromatic rings. The first-order valence-electron chi connectivity index (χ1n) is 3.63. The average molecular weight is 194 g/mol. The smallest absolute Gasteiger partial charge is 0.304 e. The molecule has 1 aromatic heterocycles. The van der Waals surface area contributed by atoms with Crippen molar-refractivity contribution in [3.8, 4) is 4.90 Å². The maximum atomic E-state index is 5.16. The number of H-pyrrole nitrogens is 1. The quantitative estimate of drug-likeness (QED) is 0.543. The molecule has 0 bridgehead atoms. The van der Waals surface area contributed by atoms with Gasteiger partial charge < -0.3 is 4.98 Å².